The average Bonchev–Trinajstić information content (AvgIpc) is 2.88. The van der Waals surface area contributed by atoms with Gasteiger partial charge in [0.15, 0.2) is 0 Å². The third-order valence-corrected chi connectivity index (χ3v) is 5.56. The highest BCUT2D eigenvalue weighted by molar-refractivity contribution is 5.84. The summed E-state index contributed by atoms with van der Waals surface area (Å²) in [5, 5.41) is 4.55. The fraction of sp³-hybridized carbons (Fsp3) is 0.172. The molecule has 0 bridgehead atoms. The van der Waals surface area contributed by atoms with Crippen molar-refractivity contribution in [2.75, 3.05) is 13.7 Å². The molecule has 0 saturated heterocycles. The molecule has 6 heteroatoms. The van der Waals surface area contributed by atoms with Gasteiger partial charge in [-0.25, -0.2) is 9.07 Å². The zero-order valence-electron chi connectivity index (χ0n) is 19.8. The topological polar surface area (TPSA) is 53.4 Å². The van der Waals surface area contributed by atoms with Crippen molar-refractivity contribution in [1.29, 1.82) is 0 Å². The van der Waals surface area contributed by atoms with E-state index in [-0.39, 0.29) is 11.4 Å². The van der Waals surface area contributed by atoms with E-state index in [1.165, 1.54) is 16.8 Å². The van der Waals surface area contributed by atoms with Gasteiger partial charge in [0.25, 0.3) is 5.56 Å². The molecule has 5 nitrogen and oxygen atoms in total. The molecule has 0 atom stereocenters. The van der Waals surface area contributed by atoms with E-state index < -0.39 is 0 Å². The van der Waals surface area contributed by atoms with Gasteiger partial charge in [0.2, 0.25) is 0 Å². The summed E-state index contributed by atoms with van der Waals surface area (Å²) in [5.41, 5.74) is 4.01. The Labute approximate surface area is 204 Å². The first kappa shape index (κ1) is 24.1. The van der Waals surface area contributed by atoms with Gasteiger partial charge < -0.3 is 9.47 Å². The van der Waals surface area contributed by atoms with Gasteiger partial charge in [-0.2, -0.15) is 5.10 Å². The van der Waals surface area contributed by atoms with Gasteiger partial charge in [-0.1, -0.05) is 66.7 Å². The molecule has 0 aliphatic carbocycles. The minimum atomic E-state index is -0.338. The zero-order valence-corrected chi connectivity index (χ0v) is 19.8. The second-order valence-electron chi connectivity index (χ2n) is 8.05. The van der Waals surface area contributed by atoms with E-state index >= 15 is 0 Å². The molecule has 1 aromatic heterocycles. The zero-order chi connectivity index (χ0) is 24.6. The van der Waals surface area contributed by atoms with Gasteiger partial charge in [-0.05, 0) is 42.3 Å². The van der Waals surface area contributed by atoms with Crippen LogP contribution >= 0.6 is 0 Å². The number of hydrogen-bond acceptors (Lipinski definition) is 4. The lowest BCUT2D eigenvalue weighted by atomic mass is 9.97. The number of para-hydroxylation sites is 1. The normalized spacial score (nSPS) is 11.2. The molecule has 35 heavy (non-hydrogen) atoms. The summed E-state index contributed by atoms with van der Waals surface area (Å²) in [6.07, 6.45) is 3.45. The maximum absolute atomic E-state index is 13.7. The van der Waals surface area contributed by atoms with Crippen LogP contribution in [0.3, 0.4) is 0 Å². The number of ether oxygens (including phenoxy) is 2. The van der Waals surface area contributed by atoms with Crippen molar-refractivity contribution in [2.45, 2.75) is 20.1 Å². The third kappa shape index (κ3) is 5.91. The van der Waals surface area contributed by atoms with E-state index in [4.69, 9.17) is 9.47 Å². The Morgan fingerprint density at radius 3 is 2.51 bits per heavy atom. The predicted octanol–water partition coefficient (Wildman–Crippen LogP) is 5.75. The molecule has 178 valence electrons. The number of benzene rings is 3. The third-order valence-electron chi connectivity index (χ3n) is 5.56. The Morgan fingerprint density at radius 2 is 1.74 bits per heavy atom. The molecule has 0 aliphatic heterocycles. The summed E-state index contributed by atoms with van der Waals surface area (Å²) >= 11 is 0. The Hall–Kier alpha value is -4.03. The van der Waals surface area contributed by atoms with Gasteiger partial charge in [0.05, 0.1) is 24.4 Å². The van der Waals surface area contributed by atoms with Crippen molar-refractivity contribution in [3.05, 3.63) is 117 Å². The van der Waals surface area contributed by atoms with Crippen LogP contribution in [0.15, 0.2) is 83.7 Å². The summed E-state index contributed by atoms with van der Waals surface area (Å²) < 4.78 is 26.4. The van der Waals surface area contributed by atoms with Crippen molar-refractivity contribution in [3.63, 3.8) is 0 Å². The van der Waals surface area contributed by atoms with Gasteiger partial charge in [-0.3, -0.25) is 4.79 Å². The molecular formula is C29H27FN2O3. The summed E-state index contributed by atoms with van der Waals surface area (Å²) in [7, 11) is 1.58. The fourth-order valence-electron chi connectivity index (χ4n) is 3.87. The van der Waals surface area contributed by atoms with Gasteiger partial charge in [-0.15, -0.1) is 0 Å². The number of hydrogen-bond donors (Lipinski definition) is 0. The van der Waals surface area contributed by atoms with Crippen LogP contribution in [0.1, 0.15) is 22.4 Å². The van der Waals surface area contributed by atoms with Crippen LogP contribution < -0.4 is 10.3 Å². The summed E-state index contributed by atoms with van der Waals surface area (Å²) in [6.45, 7) is 2.94. The molecule has 4 rings (SSSR count). The van der Waals surface area contributed by atoms with Crippen LogP contribution in [0.25, 0.3) is 23.3 Å². The lowest BCUT2D eigenvalue weighted by Crippen LogP contribution is -2.28. The van der Waals surface area contributed by atoms with E-state index in [2.05, 4.69) is 5.10 Å². The first-order valence-electron chi connectivity index (χ1n) is 11.4. The van der Waals surface area contributed by atoms with Crippen molar-refractivity contribution >= 4 is 12.2 Å². The quantitative estimate of drug-likeness (QED) is 0.312. The molecule has 0 aliphatic rings. The number of aromatic nitrogens is 2. The highest BCUT2D eigenvalue weighted by Crippen LogP contribution is 2.34. The van der Waals surface area contributed by atoms with Crippen LogP contribution in [0, 0.1) is 12.7 Å². The Morgan fingerprint density at radius 1 is 0.971 bits per heavy atom. The second kappa shape index (κ2) is 11.4. The summed E-state index contributed by atoms with van der Waals surface area (Å²) in [5.74, 6) is 0.311. The largest absolute Gasteiger partial charge is 0.488 e. The van der Waals surface area contributed by atoms with Crippen LogP contribution in [0.4, 0.5) is 4.39 Å². The molecule has 0 saturated carbocycles. The van der Waals surface area contributed by atoms with Crippen molar-refractivity contribution < 1.29 is 13.9 Å². The van der Waals surface area contributed by atoms with E-state index in [1.807, 2.05) is 61.5 Å². The lowest BCUT2D eigenvalue weighted by Gasteiger charge is -2.17. The first-order chi connectivity index (χ1) is 17.1. The standard InChI is InChI=1S/C29H27FN2O3/c1-21-28(25-13-6-7-14-27(25)35-20-23-9-4-3-5-10-23)26(29(33)32(31-21)17-18-34-2)16-15-22-11-8-12-24(30)19-22/h3-16,19H,17-18,20H2,1-2H3/b16-15+. The highest BCUT2D eigenvalue weighted by atomic mass is 19.1. The van der Waals surface area contributed by atoms with Gasteiger partial charge >= 0.3 is 0 Å². The molecule has 0 amide bonds. The van der Waals surface area contributed by atoms with Crippen LogP contribution in [0.2, 0.25) is 0 Å². The predicted molar refractivity (Wildman–Crippen MR) is 137 cm³/mol. The van der Waals surface area contributed by atoms with E-state index in [1.54, 1.807) is 31.4 Å². The van der Waals surface area contributed by atoms with Crippen molar-refractivity contribution in [1.82, 2.24) is 9.78 Å². The Balaban J connectivity index is 1.81. The minimum absolute atomic E-state index is 0.256. The van der Waals surface area contributed by atoms with Crippen molar-refractivity contribution in [2.24, 2.45) is 0 Å². The maximum Gasteiger partial charge on any atom is 0.274 e. The van der Waals surface area contributed by atoms with Gasteiger partial charge in [0.1, 0.15) is 18.2 Å². The van der Waals surface area contributed by atoms with Crippen LogP contribution in [0.5, 0.6) is 5.75 Å². The first-order valence-corrected chi connectivity index (χ1v) is 11.4. The molecular weight excluding hydrogens is 443 g/mol. The van der Waals surface area contributed by atoms with E-state index in [0.717, 1.165) is 11.1 Å². The number of nitrogens with zero attached hydrogens (tertiary/aromatic N) is 2. The summed E-state index contributed by atoms with van der Waals surface area (Å²) in [4.78, 5) is 13.5. The Bertz CT molecular complexity index is 1380. The highest BCUT2D eigenvalue weighted by Gasteiger charge is 2.18. The minimum Gasteiger partial charge on any atom is -0.488 e. The Kier molecular flexibility index (Phi) is 7.85. The SMILES string of the molecule is COCCn1nc(C)c(-c2ccccc2OCc2ccccc2)c(/C=C/c2cccc(F)c2)c1=O. The monoisotopic (exact) mass is 470 g/mol. The fourth-order valence-corrected chi connectivity index (χ4v) is 3.87. The number of halogens is 1. The number of methoxy groups -OCH3 is 1. The van der Waals surface area contributed by atoms with Crippen LogP contribution in [-0.4, -0.2) is 23.5 Å². The van der Waals surface area contributed by atoms with Crippen molar-refractivity contribution in [3.8, 4) is 16.9 Å². The molecule has 0 spiro atoms. The molecule has 4 aromatic rings. The van der Waals surface area contributed by atoms with E-state index in [9.17, 15) is 9.18 Å². The van der Waals surface area contributed by atoms with Gasteiger partial charge in [0, 0.05) is 18.2 Å². The number of aryl methyl sites for hydroxylation is 1. The average molecular weight is 471 g/mol. The molecule has 1 heterocycles. The molecule has 0 radical (unpaired) electrons. The molecule has 0 fully saturated rings. The molecule has 3 aromatic carbocycles. The smallest absolute Gasteiger partial charge is 0.274 e. The second-order valence-corrected chi connectivity index (χ2v) is 8.05. The lowest BCUT2D eigenvalue weighted by molar-refractivity contribution is 0.181. The summed E-state index contributed by atoms with van der Waals surface area (Å²) in [6, 6.07) is 23.7. The molecule has 0 N–H and O–H groups in total. The van der Waals surface area contributed by atoms with Crippen LogP contribution in [-0.2, 0) is 17.9 Å². The molecule has 0 unspecified atom stereocenters. The maximum atomic E-state index is 13.7. The number of rotatable bonds is 9. The van der Waals surface area contributed by atoms with E-state index in [0.29, 0.717) is 47.9 Å².